The van der Waals surface area contributed by atoms with E-state index in [1.165, 1.54) is 30.3 Å². The zero-order valence-electron chi connectivity index (χ0n) is 15.8. The Hall–Kier alpha value is -4.05. The molecule has 156 valence electrons. The standard InChI is InChI=1S/C21H15BrN4O5/c22-15-9-5-13(6-10-15)19(27)23-18-4-2-1-3-17(18)21(29)25-24-20(28)14-7-11-16(12-8-14)26(30)31/h1-12H,(H,23,27)(H,24,28)(H,25,29). The molecule has 31 heavy (non-hydrogen) atoms. The van der Waals surface area contributed by atoms with Crippen molar-refractivity contribution in [3.8, 4) is 0 Å². The SMILES string of the molecule is O=C(NNC(=O)c1ccccc1NC(=O)c1ccc(Br)cc1)c1ccc([N+](=O)[O-])cc1. The summed E-state index contributed by atoms with van der Waals surface area (Å²) in [7, 11) is 0. The predicted molar refractivity (Wildman–Crippen MR) is 117 cm³/mol. The number of nitrogens with zero attached hydrogens (tertiary/aromatic N) is 1. The number of amides is 3. The van der Waals surface area contributed by atoms with E-state index in [0.29, 0.717) is 5.56 Å². The molecule has 10 heteroatoms. The molecule has 0 aliphatic carbocycles. The lowest BCUT2D eigenvalue weighted by molar-refractivity contribution is -0.384. The fourth-order valence-corrected chi connectivity index (χ4v) is 2.84. The summed E-state index contributed by atoms with van der Waals surface area (Å²) in [5.41, 5.74) is 5.28. The molecule has 0 saturated heterocycles. The Labute approximate surface area is 184 Å². The van der Waals surface area contributed by atoms with Crippen molar-refractivity contribution >= 4 is 45.0 Å². The smallest absolute Gasteiger partial charge is 0.271 e. The largest absolute Gasteiger partial charge is 0.321 e. The summed E-state index contributed by atoms with van der Waals surface area (Å²) in [4.78, 5) is 47.3. The van der Waals surface area contributed by atoms with Gasteiger partial charge >= 0.3 is 0 Å². The second-order valence-corrected chi connectivity index (χ2v) is 7.13. The summed E-state index contributed by atoms with van der Waals surface area (Å²) in [6.45, 7) is 0. The first-order valence-electron chi connectivity index (χ1n) is 8.86. The van der Waals surface area contributed by atoms with E-state index in [9.17, 15) is 24.5 Å². The fraction of sp³-hybridized carbons (Fsp3) is 0. The lowest BCUT2D eigenvalue weighted by atomic mass is 10.1. The summed E-state index contributed by atoms with van der Waals surface area (Å²) in [5.74, 6) is -1.70. The molecule has 0 aromatic heterocycles. The van der Waals surface area contributed by atoms with E-state index in [-0.39, 0.29) is 22.5 Å². The van der Waals surface area contributed by atoms with Gasteiger partial charge in [-0.05, 0) is 48.5 Å². The Morgan fingerprint density at radius 2 is 1.29 bits per heavy atom. The van der Waals surface area contributed by atoms with Crippen molar-refractivity contribution in [3.63, 3.8) is 0 Å². The predicted octanol–water partition coefficient (Wildman–Crippen LogP) is 3.68. The lowest BCUT2D eigenvalue weighted by Crippen LogP contribution is -2.41. The van der Waals surface area contributed by atoms with Crippen LogP contribution in [0.5, 0.6) is 0 Å². The number of anilines is 1. The molecule has 0 aliphatic heterocycles. The highest BCUT2D eigenvalue weighted by Gasteiger charge is 2.16. The van der Waals surface area contributed by atoms with Crippen LogP contribution in [0, 0.1) is 10.1 Å². The number of carbonyl (C=O) groups excluding carboxylic acids is 3. The van der Waals surface area contributed by atoms with Crippen LogP contribution in [0.25, 0.3) is 0 Å². The molecule has 0 fully saturated rings. The summed E-state index contributed by atoms with van der Waals surface area (Å²) in [6, 6.07) is 17.9. The number of hydrazine groups is 1. The summed E-state index contributed by atoms with van der Waals surface area (Å²) < 4.78 is 0.826. The minimum atomic E-state index is -0.653. The molecule has 3 N–H and O–H groups in total. The van der Waals surface area contributed by atoms with Gasteiger partial charge in [0.15, 0.2) is 0 Å². The third-order valence-corrected chi connectivity index (χ3v) is 4.68. The molecule has 0 bridgehead atoms. The first kappa shape index (κ1) is 21.7. The maximum absolute atomic E-state index is 12.5. The first-order chi connectivity index (χ1) is 14.8. The Kier molecular flexibility index (Phi) is 6.73. The highest BCUT2D eigenvalue weighted by molar-refractivity contribution is 9.10. The van der Waals surface area contributed by atoms with Crippen molar-refractivity contribution in [2.45, 2.75) is 0 Å². The van der Waals surface area contributed by atoms with Crippen LogP contribution in [0.4, 0.5) is 11.4 Å². The van der Waals surface area contributed by atoms with E-state index >= 15 is 0 Å². The fourth-order valence-electron chi connectivity index (χ4n) is 2.57. The summed E-state index contributed by atoms with van der Waals surface area (Å²) >= 11 is 3.30. The highest BCUT2D eigenvalue weighted by Crippen LogP contribution is 2.17. The van der Waals surface area contributed by atoms with Crippen LogP contribution in [0.3, 0.4) is 0 Å². The number of carbonyl (C=O) groups is 3. The number of non-ortho nitro benzene ring substituents is 1. The molecule has 0 radical (unpaired) electrons. The molecule has 3 aromatic rings. The molecule has 0 heterocycles. The summed E-state index contributed by atoms with van der Waals surface area (Å²) in [6.07, 6.45) is 0. The third-order valence-electron chi connectivity index (χ3n) is 4.16. The molecular weight excluding hydrogens is 468 g/mol. The maximum Gasteiger partial charge on any atom is 0.271 e. The van der Waals surface area contributed by atoms with E-state index in [1.807, 2.05) is 0 Å². The van der Waals surface area contributed by atoms with Crippen molar-refractivity contribution in [1.29, 1.82) is 0 Å². The van der Waals surface area contributed by atoms with Gasteiger partial charge in [0.1, 0.15) is 0 Å². The molecule has 3 aromatic carbocycles. The number of rotatable bonds is 5. The number of halogens is 1. The average Bonchev–Trinajstić information content (AvgIpc) is 2.78. The quantitative estimate of drug-likeness (QED) is 0.377. The normalized spacial score (nSPS) is 10.1. The molecule has 0 aliphatic rings. The zero-order chi connectivity index (χ0) is 22.4. The second kappa shape index (κ2) is 9.63. The van der Waals surface area contributed by atoms with Gasteiger partial charge in [0.2, 0.25) is 0 Å². The minimum absolute atomic E-state index is 0.128. The third kappa shape index (κ3) is 5.52. The van der Waals surface area contributed by atoms with Gasteiger partial charge < -0.3 is 5.32 Å². The van der Waals surface area contributed by atoms with Gasteiger partial charge in [-0.15, -0.1) is 0 Å². The van der Waals surface area contributed by atoms with Crippen LogP contribution in [0.15, 0.2) is 77.3 Å². The number of hydrogen-bond donors (Lipinski definition) is 3. The Bertz CT molecular complexity index is 1150. The van der Waals surface area contributed by atoms with Crippen molar-refractivity contribution in [2.75, 3.05) is 5.32 Å². The molecule has 0 spiro atoms. The highest BCUT2D eigenvalue weighted by atomic mass is 79.9. The molecule has 3 rings (SSSR count). The minimum Gasteiger partial charge on any atom is -0.321 e. The van der Waals surface area contributed by atoms with Gasteiger partial charge in [-0.2, -0.15) is 0 Å². The first-order valence-corrected chi connectivity index (χ1v) is 9.65. The van der Waals surface area contributed by atoms with Gasteiger partial charge in [0.05, 0.1) is 16.2 Å². The van der Waals surface area contributed by atoms with Crippen molar-refractivity contribution in [1.82, 2.24) is 10.9 Å². The topological polar surface area (TPSA) is 130 Å². The molecule has 0 atom stereocenters. The van der Waals surface area contributed by atoms with E-state index in [0.717, 1.165) is 4.47 Å². The van der Waals surface area contributed by atoms with Crippen LogP contribution in [0.1, 0.15) is 31.1 Å². The number of hydrogen-bond acceptors (Lipinski definition) is 5. The zero-order valence-corrected chi connectivity index (χ0v) is 17.4. The average molecular weight is 483 g/mol. The van der Waals surface area contributed by atoms with Crippen molar-refractivity contribution in [2.24, 2.45) is 0 Å². The number of nitrogens with one attached hydrogen (secondary N) is 3. The van der Waals surface area contributed by atoms with Crippen LogP contribution in [-0.2, 0) is 0 Å². The Morgan fingerprint density at radius 1 is 0.742 bits per heavy atom. The Balaban J connectivity index is 1.66. The van der Waals surface area contributed by atoms with E-state index in [1.54, 1.807) is 42.5 Å². The maximum atomic E-state index is 12.5. The van der Waals surface area contributed by atoms with Crippen LogP contribution < -0.4 is 16.2 Å². The Morgan fingerprint density at radius 3 is 1.94 bits per heavy atom. The van der Waals surface area contributed by atoms with Gasteiger partial charge in [-0.1, -0.05) is 28.1 Å². The molecule has 9 nitrogen and oxygen atoms in total. The van der Waals surface area contributed by atoms with Gasteiger partial charge in [0.25, 0.3) is 23.4 Å². The van der Waals surface area contributed by atoms with Crippen LogP contribution >= 0.6 is 15.9 Å². The number of nitro benzene ring substituents is 1. The van der Waals surface area contributed by atoms with Crippen molar-refractivity contribution < 1.29 is 19.3 Å². The van der Waals surface area contributed by atoms with Crippen LogP contribution in [0.2, 0.25) is 0 Å². The van der Waals surface area contributed by atoms with Gasteiger partial charge in [-0.25, -0.2) is 0 Å². The lowest BCUT2D eigenvalue weighted by Gasteiger charge is -2.12. The number of para-hydroxylation sites is 1. The number of nitro groups is 1. The molecule has 0 unspecified atom stereocenters. The van der Waals surface area contributed by atoms with E-state index < -0.39 is 22.6 Å². The van der Waals surface area contributed by atoms with Crippen molar-refractivity contribution in [3.05, 3.63) is 104 Å². The monoisotopic (exact) mass is 482 g/mol. The van der Waals surface area contributed by atoms with Gasteiger partial charge in [-0.3, -0.25) is 35.3 Å². The number of benzene rings is 3. The molecule has 0 saturated carbocycles. The van der Waals surface area contributed by atoms with E-state index in [4.69, 9.17) is 0 Å². The summed E-state index contributed by atoms with van der Waals surface area (Å²) in [5, 5.41) is 13.4. The van der Waals surface area contributed by atoms with Crippen LogP contribution in [-0.4, -0.2) is 22.6 Å². The second-order valence-electron chi connectivity index (χ2n) is 6.22. The van der Waals surface area contributed by atoms with E-state index in [2.05, 4.69) is 32.1 Å². The van der Waals surface area contributed by atoms with Gasteiger partial charge in [0, 0.05) is 27.7 Å². The molecular formula is C21H15BrN4O5. The molecule has 3 amide bonds.